The highest BCUT2D eigenvalue weighted by molar-refractivity contribution is 7.86. The zero-order chi connectivity index (χ0) is 35.1. The molecule has 252 valence electrons. The average Bonchev–Trinajstić information content (AvgIpc) is 2.91. The van der Waals surface area contributed by atoms with Gasteiger partial charge in [0, 0.05) is 51.2 Å². The maximum absolute atomic E-state index is 12.6. The highest BCUT2D eigenvalue weighted by atomic mass is 32.2. The van der Waals surface area contributed by atoms with Crippen LogP contribution in [0.15, 0.2) is 53.5 Å². The number of aromatic carboxylic acids is 2. The topological polar surface area (TPSA) is 217 Å². The van der Waals surface area contributed by atoms with Gasteiger partial charge in [0.25, 0.3) is 20.2 Å². The van der Waals surface area contributed by atoms with E-state index in [4.69, 9.17) is 9.73 Å². The number of carboxylic acid groups (broad SMARTS) is 2. The number of carbonyl (C=O) groups is 2. The quantitative estimate of drug-likeness (QED) is 0.175. The Morgan fingerprint density at radius 2 is 1.60 bits per heavy atom. The molecule has 3 aliphatic heterocycles. The normalized spacial score (nSPS) is 18.8. The van der Waals surface area contributed by atoms with Gasteiger partial charge >= 0.3 is 11.9 Å². The number of rotatable bonds is 7. The Hall–Kier alpha value is -4.57. The molecule has 0 aliphatic carbocycles. The Bertz CT molecular complexity index is 2340. The van der Waals surface area contributed by atoms with E-state index in [9.17, 15) is 45.7 Å². The fourth-order valence-electron chi connectivity index (χ4n) is 6.85. The van der Waals surface area contributed by atoms with E-state index in [0.717, 1.165) is 6.07 Å². The molecule has 0 saturated heterocycles. The zero-order valence-corrected chi connectivity index (χ0v) is 27.9. The van der Waals surface area contributed by atoms with Gasteiger partial charge < -0.3 is 20.3 Å². The van der Waals surface area contributed by atoms with Crippen molar-refractivity contribution >= 4 is 49.0 Å². The molecule has 6 rings (SSSR count). The van der Waals surface area contributed by atoms with E-state index in [1.807, 2.05) is 13.8 Å². The maximum atomic E-state index is 12.6. The number of benzene rings is 3. The number of nitrogens with zero attached hydrogens (tertiary/aromatic N) is 1. The van der Waals surface area contributed by atoms with Crippen LogP contribution >= 0.6 is 0 Å². The predicted molar refractivity (Wildman–Crippen MR) is 176 cm³/mol. The largest absolute Gasteiger partial charge is 0.478 e. The number of ether oxygens (including phenoxy) is 1. The first-order valence-corrected chi connectivity index (χ1v) is 18.0. The SMILES string of the molecule is CC1(C)C=C(CS(=O)(=O)O)c2cc3c(cc2=N1)Oc1cc2c(cc1C=3c1ccc(C(=O)O)cc1C(=O)O)C(CS(=O)(=O)O)CC(C)(C)N2. The van der Waals surface area contributed by atoms with Crippen LogP contribution in [-0.4, -0.2) is 70.7 Å². The molecule has 0 fully saturated rings. The molecule has 1 atom stereocenters. The second-order valence-electron chi connectivity index (χ2n) is 13.5. The molecule has 3 aromatic carbocycles. The van der Waals surface area contributed by atoms with Gasteiger partial charge in [-0.2, -0.15) is 16.8 Å². The van der Waals surface area contributed by atoms with Gasteiger partial charge in [0.1, 0.15) is 17.3 Å². The van der Waals surface area contributed by atoms with Gasteiger partial charge in [-0.3, -0.25) is 14.1 Å². The molecule has 0 spiro atoms. The minimum absolute atomic E-state index is 0.113. The first-order valence-electron chi connectivity index (χ1n) is 14.8. The van der Waals surface area contributed by atoms with Gasteiger partial charge in [0.2, 0.25) is 0 Å². The standard InChI is InChI=1S/C33H32N2O11S2/c1-32(2)12-17(14-47(40,41)42)20-8-23-27(10-25(20)34-32)46-28-11-26-21(18(15-48(43,44)45)13-33(3,4)35-26)9-24(28)29(23)19-6-5-16(30(36)37)7-22(19)31(38)39/h5-12,18,35H,13-15H2,1-4H3,(H,36,37)(H,38,39)(H,40,41,42)(H,43,44,45). The van der Waals surface area contributed by atoms with Crippen molar-refractivity contribution in [3.8, 4) is 11.5 Å². The van der Waals surface area contributed by atoms with Crippen molar-refractivity contribution in [3.05, 3.63) is 92.5 Å². The van der Waals surface area contributed by atoms with E-state index in [1.54, 1.807) is 44.2 Å². The van der Waals surface area contributed by atoms with Crippen LogP contribution in [0.25, 0.3) is 11.1 Å². The molecule has 0 amide bonds. The lowest BCUT2D eigenvalue weighted by Crippen LogP contribution is -2.39. The molecule has 48 heavy (non-hydrogen) atoms. The number of nitrogens with one attached hydrogen (secondary N) is 1. The Morgan fingerprint density at radius 1 is 0.896 bits per heavy atom. The van der Waals surface area contributed by atoms with Crippen molar-refractivity contribution in [2.75, 3.05) is 16.8 Å². The van der Waals surface area contributed by atoms with E-state index < -0.39 is 60.7 Å². The van der Waals surface area contributed by atoms with Crippen LogP contribution in [-0.2, 0) is 20.2 Å². The molecule has 3 aromatic rings. The Kier molecular flexibility index (Phi) is 7.63. The van der Waals surface area contributed by atoms with Gasteiger partial charge in [-0.05, 0) is 75.1 Å². The fraction of sp³-hybridized carbons (Fsp3) is 0.303. The monoisotopic (exact) mass is 696 g/mol. The minimum Gasteiger partial charge on any atom is -0.478 e. The summed E-state index contributed by atoms with van der Waals surface area (Å²) in [4.78, 5) is 29.2. The second kappa shape index (κ2) is 11.0. The summed E-state index contributed by atoms with van der Waals surface area (Å²) in [5.41, 5.74) is 0.399. The average molecular weight is 697 g/mol. The molecular weight excluding hydrogens is 665 g/mol. The first-order chi connectivity index (χ1) is 22.1. The summed E-state index contributed by atoms with van der Waals surface area (Å²) in [5.74, 6) is -4.19. The third-order valence-corrected chi connectivity index (χ3v) is 9.98. The van der Waals surface area contributed by atoms with Crippen LogP contribution in [0.2, 0.25) is 0 Å². The van der Waals surface area contributed by atoms with Crippen molar-refractivity contribution < 1.29 is 50.5 Å². The number of carboxylic acids is 2. The molecule has 3 heterocycles. The van der Waals surface area contributed by atoms with Gasteiger partial charge in [0.05, 0.1) is 27.8 Å². The van der Waals surface area contributed by atoms with Crippen LogP contribution in [0.4, 0.5) is 5.69 Å². The Labute approximate surface area is 275 Å². The molecule has 0 radical (unpaired) electrons. The summed E-state index contributed by atoms with van der Waals surface area (Å²) in [6, 6.07) is 10.2. The summed E-state index contributed by atoms with van der Waals surface area (Å²) in [6.07, 6.45) is 1.94. The molecule has 3 aliphatic rings. The van der Waals surface area contributed by atoms with Gasteiger partial charge in [-0.25, -0.2) is 9.59 Å². The van der Waals surface area contributed by atoms with Crippen LogP contribution in [0.5, 0.6) is 11.5 Å². The van der Waals surface area contributed by atoms with Crippen molar-refractivity contribution in [2.45, 2.75) is 51.1 Å². The lowest BCUT2D eigenvalue weighted by Gasteiger charge is -2.39. The number of hydrogen-bond donors (Lipinski definition) is 5. The fourth-order valence-corrected chi connectivity index (χ4v) is 8.29. The van der Waals surface area contributed by atoms with Crippen LogP contribution in [0, 0.1) is 0 Å². The van der Waals surface area contributed by atoms with Crippen LogP contribution < -0.4 is 20.6 Å². The van der Waals surface area contributed by atoms with Crippen LogP contribution in [0.3, 0.4) is 0 Å². The summed E-state index contributed by atoms with van der Waals surface area (Å²) in [6.45, 7) is 7.30. The highest BCUT2D eigenvalue weighted by Crippen LogP contribution is 2.47. The highest BCUT2D eigenvalue weighted by Gasteiger charge is 2.37. The maximum Gasteiger partial charge on any atom is 0.336 e. The van der Waals surface area contributed by atoms with E-state index >= 15 is 0 Å². The Morgan fingerprint density at radius 3 is 2.23 bits per heavy atom. The number of fused-ring (bicyclic) bond motifs is 4. The first kappa shape index (κ1) is 33.3. The smallest absolute Gasteiger partial charge is 0.336 e. The van der Waals surface area contributed by atoms with E-state index in [-0.39, 0.29) is 39.3 Å². The molecule has 0 bridgehead atoms. The summed E-state index contributed by atoms with van der Waals surface area (Å²) in [7, 11) is -8.89. The molecule has 1 unspecified atom stereocenters. The van der Waals surface area contributed by atoms with Crippen molar-refractivity contribution in [2.24, 2.45) is 4.99 Å². The molecule has 15 heteroatoms. The molecule has 5 N–H and O–H groups in total. The molecule has 0 saturated carbocycles. The van der Waals surface area contributed by atoms with E-state index in [0.29, 0.717) is 39.4 Å². The lowest BCUT2D eigenvalue weighted by atomic mass is 9.79. The van der Waals surface area contributed by atoms with Crippen LogP contribution in [0.1, 0.15) is 83.0 Å². The Balaban J connectivity index is 1.73. The summed E-state index contributed by atoms with van der Waals surface area (Å²) < 4.78 is 74.3. The predicted octanol–water partition coefficient (Wildman–Crippen LogP) is 3.68. The van der Waals surface area contributed by atoms with Crippen molar-refractivity contribution in [3.63, 3.8) is 0 Å². The zero-order valence-electron chi connectivity index (χ0n) is 26.2. The van der Waals surface area contributed by atoms with Gasteiger partial charge in [0.15, 0.2) is 0 Å². The lowest BCUT2D eigenvalue weighted by molar-refractivity contribution is 0.0695. The number of anilines is 1. The summed E-state index contributed by atoms with van der Waals surface area (Å²) >= 11 is 0. The van der Waals surface area contributed by atoms with E-state index in [1.165, 1.54) is 12.1 Å². The summed E-state index contributed by atoms with van der Waals surface area (Å²) in [5, 5.41) is 24.0. The molecule has 13 nitrogen and oxygen atoms in total. The van der Waals surface area contributed by atoms with Gasteiger partial charge in [-0.15, -0.1) is 0 Å². The minimum atomic E-state index is -4.48. The molecule has 0 aromatic heterocycles. The number of hydrogen-bond acceptors (Lipinski definition) is 9. The van der Waals surface area contributed by atoms with Gasteiger partial charge in [-0.1, -0.05) is 12.1 Å². The van der Waals surface area contributed by atoms with Crippen molar-refractivity contribution in [1.29, 1.82) is 0 Å². The van der Waals surface area contributed by atoms with Crippen molar-refractivity contribution in [1.82, 2.24) is 0 Å². The third-order valence-electron chi connectivity index (χ3n) is 8.48. The van der Waals surface area contributed by atoms with E-state index in [2.05, 4.69) is 5.32 Å². The third kappa shape index (κ3) is 6.45. The molecular formula is C33H32N2O11S2. The second-order valence-corrected chi connectivity index (χ2v) is 16.4.